The zero-order valence-electron chi connectivity index (χ0n) is 11.7. The Labute approximate surface area is 132 Å². The molecule has 1 aromatic carbocycles. The third kappa shape index (κ3) is 3.46. The summed E-state index contributed by atoms with van der Waals surface area (Å²) < 4.78 is 27.6. The van der Waals surface area contributed by atoms with Crippen LogP contribution in [0.15, 0.2) is 27.6 Å². The monoisotopic (exact) mass is 375 g/mol. The summed E-state index contributed by atoms with van der Waals surface area (Å²) in [5, 5.41) is 8.90. The third-order valence-corrected chi connectivity index (χ3v) is 6.65. The van der Waals surface area contributed by atoms with Crippen molar-refractivity contribution in [2.24, 2.45) is 5.41 Å². The van der Waals surface area contributed by atoms with Gasteiger partial charge in [-0.1, -0.05) is 13.3 Å². The molecule has 2 rings (SSSR count). The van der Waals surface area contributed by atoms with E-state index in [4.69, 9.17) is 5.11 Å². The van der Waals surface area contributed by atoms with E-state index in [0.717, 1.165) is 25.7 Å². The van der Waals surface area contributed by atoms with Gasteiger partial charge >= 0.3 is 5.97 Å². The van der Waals surface area contributed by atoms with Crippen LogP contribution < -0.4 is 4.72 Å². The van der Waals surface area contributed by atoms with Crippen LogP contribution >= 0.6 is 15.9 Å². The van der Waals surface area contributed by atoms with Gasteiger partial charge in [-0.05, 0) is 58.8 Å². The minimum atomic E-state index is -3.64. The second kappa shape index (κ2) is 6.06. The minimum Gasteiger partial charge on any atom is -0.478 e. The van der Waals surface area contributed by atoms with E-state index in [1.165, 1.54) is 18.2 Å². The largest absolute Gasteiger partial charge is 0.478 e. The first-order chi connectivity index (χ1) is 9.80. The highest BCUT2D eigenvalue weighted by Crippen LogP contribution is 2.43. The van der Waals surface area contributed by atoms with E-state index in [2.05, 4.69) is 27.6 Å². The summed E-state index contributed by atoms with van der Waals surface area (Å²) in [7, 11) is -3.64. The van der Waals surface area contributed by atoms with Gasteiger partial charge in [-0.3, -0.25) is 0 Å². The molecule has 7 heteroatoms. The highest BCUT2D eigenvalue weighted by molar-refractivity contribution is 9.10. The maximum atomic E-state index is 12.3. The SMILES string of the molecule is CCC1(CNS(=O)(=O)c2ccc(C(=O)O)cc2Br)CCC1. The molecule has 1 saturated carbocycles. The van der Waals surface area contributed by atoms with Gasteiger partial charge in [0.15, 0.2) is 0 Å². The Morgan fingerprint density at radius 2 is 2.10 bits per heavy atom. The van der Waals surface area contributed by atoms with Gasteiger partial charge in [-0.2, -0.15) is 0 Å². The van der Waals surface area contributed by atoms with Gasteiger partial charge in [0.05, 0.1) is 10.5 Å². The van der Waals surface area contributed by atoms with Gasteiger partial charge in [-0.15, -0.1) is 0 Å². The van der Waals surface area contributed by atoms with E-state index in [0.29, 0.717) is 6.54 Å². The Kier molecular flexibility index (Phi) is 4.75. The number of carbonyl (C=O) groups is 1. The number of aromatic carboxylic acids is 1. The summed E-state index contributed by atoms with van der Waals surface area (Å²) in [4.78, 5) is 10.9. The highest BCUT2D eigenvalue weighted by atomic mass is 79.9. The van der Waals surface area contributed by atoms with Crippen molar-refractivity contribution < 1.29 is 18.3 Å². The van der Waals surface area contributed by atoms with E-state index >= 15 is 0 Å². The molecule has 0 atom stereocenters. The second-order valence-electron chi connectivity index (χ2n) is 5.48. The van der Waals surface area contributed by atoms with Crippen LogP contribution in [-0.4, -0.2) is 26.0 Å². The highest BCUT2D eigenvalue weighted by Gasteiger charge is 2.36. The fourth-order valence-electron chi connectivity index (χ4n) is 2.51. The van der Waals surface area contributed by atoms with Gasteiger partial charge in [-0.25, -0.2) is 17.9 Å². The zero-order chi connectivity index (χ0) is 15.7. The van der Waals surface area contributed by atoms with Crippen molar-refractivity contribution in [3.8, 4) is 0 Å². The number of rotatable bonds is 6. The molecule has 1 fully saturated rings. The fraction of sp³-hybridized carbons (Fsp3) is 0.500. The Balaban J connectivity index is 2.18. The first-order valence-electron chi connectivity index (χ1n) is 6.82. The number of halogens is 1. The molecule has 1 aromatic rings. The van der Waals surface area contributed by atoms with Crippen molar-refractivity contribution in [2.75, 3.05) is 6.54 Å². The molecule has 0 unspecified atom stereocenters. The predicted molar refractivity (Wildman–Crippen MR) is 82.9 cm³/mol. The Hall–Kier alpha value is -0.920. The molecule has 21 heavy (non-hydrogen) atoms. The van der Waals surface area contributed by atoms with E-state index in [9.17, 15) is 13.2 Å². The van der Waals surface area contributed by atoms with Crippen LogP contribution in [-0.2, 0) is 10.0 Å². The molecule has 0 saturated heterocycles. The van der Waals surface area contributed by atoms with Crippen LogP contribution in [0.2, 0.25) is 0 Å². The number of benzene rings is 1. The molecule has 0 aliphatic heterocycles. The first-order valence-corrected chi connectivity index (χ1v) is 9.10. The van der Waals surface area contributed by atoms with Crippen molar-refractivity contribution in [3.63, 3.8) is 0 Å². The van der Waals surface area contributed by atoms with Gasteiger partial charge in [0.1, 0.15) is 0 Å². The molecule has 0 amide bonds. The molecule has 1 aliphatic carbocycles. The lowest BCUT2D eigenvalue weighted by atomic mass is 9.67. The van der Waals surface area contributed by atoms with Gasteiger partial charge < -0.3 is 5.11 Å². The van der Waals surface area contributed by atoms with E-state index in [1.54, 1.807) is 0 Å². The van der Waals surface area contributed by atoms with Gasteiger partial charge in [0, 0.05) is 11.0 Å². The topological polar surface area (TPSA) is 83.5 Å². The van der Waals surface area contributed by atoms with Crippen LogP contribution in [0.4, 0.5) is 0 Å². The summed E-state index contributed by atoms with van der Waals surface area (Å²) in [6.07, 6.45) is 4.19. The Morgan fingerprint density at radius 3 is 2.52 bits per heavy atom. The van der Waals surface area contributed by atoms with Crippen LogP contribution in [0.5, 0.6) is 0 Å². The number of hydrogen-bond donors (Lipinski definition) is 2. The Bertz CT molecular complexity index is 647. The lowest BCUT2D eigenvalue weighted by molar-refractivity contribution is 0.0696. The molecule has 5 nitrogen and oxygen atoms in total. The summed E-state index contributed by atoms with van der Waals surface area (Å²) >= 11 is 3.14. The van der Waals surface area contributed by atoms with Crippen molar-refractivity contribution in [3.05, 3.63) is 28.2 Å². The smallest absolute Gasteiger partial charge is 0.335 e. The molecule has 116 valence electrons. The van der Waals surface area contributed by atoms with Crippen molar-refractivity contribution in [1.29, 1.82) is 0 Å². The summed E-state index contributed by atoms with van der Waals surface area (Å²) in [6.45, 7) is 2.50. The lowest BCUT2D eigenvalue weighted by Gasteiger charge is -2.41. The molecule has 0 aromatic heterocycles. The van der Waals surface area contributed by atoms with E-state index in [1.807, 2.05) is 0 Å². The van der Waals surface area contributed by atoms with Crippen LogP contribution in [0.1, 0.15) is 43.0 Å². The standard InChI is InChI=1S/C14H18BrNO4S/c1-2-14(6-3-7-14)9-16-21(19,20)12-5-4-10(13(17)18)8-11(12)15/h4-5,8,16H,2-3,6-7,9H2,1H3,(H,17,18). The lowest BCUT2D eigenvalue weighted by Crippen LogP contribution is -2.41. The van der Waals surface area contributed by atoms with Crippen molar-refractivity contribution in [2.45, 2.75) is 37.5 Å². The number of nitrogens with one attached hydrogen (secondary N) is 1. The molecule has 2 N–H and O–H groups in total. The number of hydrogen-bond acceptors (Lipinski definition) is 3. The maximum absolute atomic E-state index is 12.3. The van der Waals surface area contributed by atoms with Crippen molar-refractivity contribution in [1.82, 2.24) is 4.72 Å². The van der Waals surface area contributed by atoms with Crippen molar-refractivity contribution >= 4 is 31.9 Å². The molecular formula is C14H18BrNO4S. The number of carboxylic acids is 1. The fourth-order valence-corrected chi connectivity index (χ4v) is 4.74. The molecule has 0 spiro atoms. The molecule has 0 radical (unpaired) electrons. The average Bonchev–Trinajstić information content (AvgIpc) is 2.37. The summed E-state index contributed by atoms with van der Waals surface area (Å²) in [6, 6.07) is 3.91. The first kappa shape index (κ1) is 16.5. The normalized spacial score (nSPS) is 17.2. The third-order valence-electron chi connectivity index (χ3n) is 4.27. The van der Waals surface area contributed by atoms with E-state index in [-0.39, 0.29) is 20.3 Å². The van der Waals surface area contributed by atoms with Crippen LogP contribution in [0, 0.1) is 5.41 Å². The van der Waals surface area contributed by atoms with Gasteiger partial charge in [0.2, 0.25) is 10.0 Å². The molecule has 0 heterocycles. The quantitative estimate of drug-likeness (QED) is 0.800. The maximum Gasteiger partial charge on any atom is 0.335 e. The predicted octanol–water partition coefficient (Wildman–Crippen LogP) is 3.01. The molecule has 0 bridgehead atoms. The number of sulfonamides is 1. The summed E-state index contributed by atoms with van der Waals surface area (Å²) in [5.74, 6) is -1.09. The van der Waals surface area contributed by atoms with Crippen LogP contribution in [0.25, 0.3) is 0 Å². The number of carboxylic acid groups (broad SMARTS) is 1. The minimum absolute atomic E-state index is 0.0462. The molecule has 1 aliphatic rings. The second-order valence-corrected chi connectivity index (χ2v) is 8.07. The Morgan fingerprint density at radius 1 is 1.43 bits per heavy atom. The summed E-state index contributed by atoms with van der Waals surface area (Å²) in [5.41, 5.74) is 0.130. The van der Waals surface area contributed by atoms with E-state index < -0.39 is 16.0 Å². The van der Waals surface area contributed by atoms with Crippen LogP contribution in [0.3, 0.4) is 0 Å². The zero-order valence-corrected chi connectivity index (χ0v) is 14.1. The average molecular weight is 376 g/mol. The van der Waals surface area contributed by atoms with Gasteiger partial charge in [0.25, 0.3) is 0 Å². The molecular weight excluding hydrogens is 358 g/mol.